The van der Waals surface area contributed by atoms with Crippen molar-refractivity contribution in [1.29, 1.82) is 5.26 Å². The summed E-state index contributed by atoms with van der Waals surface area (Å²) in [5.74, 6) is -1.27. The summed E-state index contributed by atoms with van der Waals surface area (Å²) in [6.45, 7) is 1.45. The Morgan fingerprint density at radius 2 is 1.86 bits per heavy atom. The largest absolute Gasteiger partial charge is 0.448 e. The van der Waals surface area contributed by atoms with Crippen LogP contribution in [0.25, 0.3) is 11.3 Å². The number of hydrogen-bond donors (Lipinski definition) is 2. The van der Waals surface area contributed by atoms with Crippen molar-refractivity contribution in [3.63, 3.8) is 0 Å². The first-order chi connectivity index (χ1) is 13.5. The average molecular weight is 439 g/mol. The first-order valence-corrected chi connectivity index (χ1v) is 9.10. The number of carbonyl (C=O) groups excluding carboxylic acids is 2. The molecule has 2 aromatic carbocycles. The Balaban J connectivity index is 1.70. The molecule has 0 spiro atoms. The maximum atomic E-state index is 12.4. The van der Waals surface area contributed by atoms with Crippen molar-refractivity contribution in [3.8, 4) is 17.3 Å². The van der Waals surface area contributed by atoms with Crippen molar-refractivity contribution >= 4 is 33.5 Å². The first-order valence-electron chi connectivity index (χ1n) is 8.31. The van der Waals surface area contributed by atoms with E-state index in [0.29, 0.717) is 21.4 Å². The number of aromatic amines is 1. The van der Waals surface area contributed by atoms with Crippen LogP contribution in [0, 0.1) is 11.3 Å². The van der Waals surface area contributed by atoms with Crippen LogP contribution in [0.5, 0.6) is 0 Å². The lowest BCUT2D eigenvalue weighted by Gasteiger charge is -2.13. The Labute approximate surface area is 169 Å². The average Bonchev–Trinajstić information content (AvgIpc) is 3.10. The third-order valence-corrected chi connectivity index (χ3v) is 4.69. The van der Waals surface area contributed by atoms with E-state index in [-0.39, 0.29) is 5.69 Å². The molecule has 7 nitrogen and oxygen atoms in total. The van der Waals surface area contributed by atoms with Crippen LogP contribution in [0.3, 0.4) is 0 Å². The highest BCUT2D eigenvalue weighted by Gasteiger charge is 2.24. The summed E-state index contributed by atoms with van der Waals surface area (Å²) in [6.07, 6.45) is -1.07. The molecule has 1 atom stereocenters. The van der Waals surface area contributed by atoms with Crippen molar-refractivity contribution < 1.29 is 14.3 Å². The Bertz CT molecular complexity index is 1060. The van der Waals surface area contributed by atoms with Crippen LogP contribution in [0.2, 0.25) is 0 Å². The Morgan fingerprint density at radius 3 is 2.57 bits per heavy atom. The Kier molecular flexibility index (Phi) is 5.87. The number of rotatable bonds is 5. The van der Waals surface area contributed by atoms with Crippen molar-refractivity contribution in [1.82, 2.24) is 10.2 Å². The van der Waals surface area contributed by atoms with Crippen molar-refractivity contribution in [2.45, 2.75) is 13.0 Å². The number of nitrogens with zero attached hydrogens (tertiary/aromatic N) is 2. The van der Waals surface area contributed by atoms with Crippen LogP contribution in [-0.4, -0.2) is 28.2 Å². The number of H-pyrrole nitrogens is 1. The van der Waals surface area contributed by atoms with Gasteiger partial charge in [0.2, 0.25) is 0 Å². The molecule has 0 aliphatic carbocycles. The number of para-hydroxylation sites is 1. The minimum absolute atomic E-state index is 0.107. The van der Waals surface area contributed by atoms with Gasteiger partial charge in [-0.2, -0.15) is 10.4 Å². The molecule has 0 fully saturated rings. The Morgan fingerprint density at radius 1 is 1.18 bits per heavy atom. The topological polar surface area (TPSA) is 108 Å². The molecular weight excluding hydrogens is 424 g/mol. The van der Waals surface area contributed by atoms with Gasteiger partial charge in [-0.25, -0.2) is 4.79 Å². The van der Waals surface area contributed by atoms with E-state index < -0.39 is 18.0 Å². The van der Waals surface area contributed by atoms with E-state index in [1.165, 1.54) is 6.92 Å². The number of hydrogen-bond acceptors (Lipinski definition) is 5. The molecule has 8 heteroatoms. The van der Waals surface area contributed by atoms with Crippen LogP contribution >= 0.6 is 15.9 Å². The predicted octanol–water partition coefficient (Wildman–Crippen LogP) is 3.89. The highest BCUT2D eigenvalue weighted by Crippen LogP contribution is 2.29. The fourth-order valence-electron chi connectivity index (χ4n) is 2.45. The van der Waals surface area contributed by atoms with Gasteiger partial charge < -0.3 is 10.1 Å². The van der Waals surface area contributed by atoms with Gasteiger partial charge in [-0.15, -0.1) is 0 Å². The third-order valence-electron chi connectivity index (χ3n) is 3.92. The van der Waals surface area contributed by atoms with Crippen molar-refractivity contribution in [3.05, 3.63) is 70.3 Å². The molecular formula is C20H15BrN4O3. The molecule has 0 saturated heterocycles. The molecule has 140 valence electrons. The van der Waals surface area contributed by atoms with Gasteiger partial charge in [-0.1, -0.05) is 42.5 Å². The van der Waals surface area contributed by atoms with Gasteiger partial charge in [0, 0.05) is 5.56 Å². The van der Waals surface area contributed by atoms with E-state index in [1.54, 1.807) is 24.3 Å². The highest BCUT2D eigenvalue weighted by molar-refractivity contribution is 9.10. The second kappa shape index (κ2) is 8.50. The van der Waals surface area contributed by atoms with E-state index in [0.717, 1.165) is 5.56 Å². The molecule has 2 N–H and O–H groups in total. The standard InChI is InChI=1S/C20H15BrN4O3/c1-12(19(26)23-15-10-6-5-9-14(15)11-22)28-20(27)18-16(21)17(24-25-18)13-7-3-2-4-8-13/h2-10,12H,1H3,(H,23,26)(H,24,25)/t12-/m1/s1. The maximum absolute atomic E-state index is 12.4. The summed E-state index contributed by atoms with van der Waals surface area (Å²) >= 11 is 3.36. The van der Waals surface area contributed by atoms with E-state index in [9.17, 15) is 9.59 Å². The molecule has 1 aromatic heterocycles. The van der Waals surface area contributed by atoms with Gasteiger partial charge in [-0.3, -0.25) is 9.89 Å². The number of amides is 1. The number of aromatic nitrogens is 2. The molecule has 3 rings (SSSR count). The summed E-state index contributed by atoms with van der Waals surface area (Å²) in [6, 6.07) is 17.9. The summed E-state index contributed by atoms with van der Waals surface area (Å²) in [5.41, 5.74) is 2.16. The van der Waals surface area contributed by atoms with Crippen LogP contribution in [0.1, 0.15) is 23.0 Å². The SMILES string of the molecule is C[C@@H](OC(=O)c1[nH]nc(-c2ccccc2)c1Br)C(=O)Nc1ccccc1C#N. The molecule has 1 heterocycles. The molecule has 0 unspecified atom stereocenters. The van der Waals surface area contributed by atoms with Crippen LogP contribution in [0.4, 0.5) is 5.69 Å². The number of nitrogens with one attached hydrogen (secondary N) is 2. The first kappa shape index (κ1) is 19.3. The molecule has 0 aliphatic heterocycles. The zero-order valence-electron chi connectivity index (χ0n) is 14.8. The summed E-state index contributed by atoms with van der Waals surface area (Å²) < 4.78 is 5.69. The van der Waals surface area contributed by atoms with E-state index in [1.807, 2.05) is 36.4 Å². The van der Waals surface area contributed by atoms with Gasteiger partial charge >= 0.3 is 5.97 Å². The van der Waals surface area contributed by atoms with Crippen molar-refractivity contribution in [2.24, 2.45) is 0 Å². The van der Waals surface area contributed by atoms with Crippen LogP contribution < -0.4 is 5.32 Å². The number of esters is 1. The normalized spacial score (nSPS) is 11.3. The van der Waals surface area contributed by atoms with E-state index in [2.05, 4.69) is 31.4 Å². The molecule has 1 amide bonds. The number of carbonyl (C=O) groups is 2. The Hall–Kier alpha value is -3.44. The zero-order valence-corrected chi connectivity index (χ0v) is 16.4. The van der Waals surface area contributed by atoms with Crippen molar-refractivity contribution in [2.75, 3.05) is 5.32 Å². The fraction of sp³-hybridized carbons (Fsp3) is 0.100. The quantitative estimate of drug-likeness (QED) is 0.587. The summed E-state index contributed by atoms with van der Waals surface area (Å²) in [4.78, 5) is 24.8. The van der Waals surface area contributed by atoms with Gasteiger partial charge in [0.25, 0.3) is 5.91 Å². The number of nitriles is 1. The van der Waals surface area contributed by atoms with E-state index in [4.69, 9.17) is 10.00 Å². The lowest BCUT2D eigenvalue weighted by Crippen LogP contribution is -2.30. The molecule has 0 bridgehead atoms. The zero-order chi connectivity index (χ0) is 20.1. The molecule has 3 aromatic rings. The van der Waals surface area contributed by atoms with E-state index >= 15 is 0 Å². The lowest BCUT2D eigenvalue weighted by atomic mass is 10.1. The number of ether oxygens (including phenoxy) is 1. The third kappa shape index (κ3) is 4.10. The predicted molar refractivity (Wildman–Crippen MR) is 106 cm³/mol. The van der Waals surface area contributed by atoms with Gasteiger partial charge in [0.15, 0.2) is 11.8 Å². The summed E-state index contributed by atoms with van der Waals surface area (Å²) in [5, 5.41) is 18.5. The molecule has 28 heavy (non-hydrogen) atoms. The second-order valence-electron chi connectivity index (χ2n) is 5.82. The smallest absolute Gasteiger partial charge is 0.358 e. The number of benzene rings is 2. The maximum Gasteiger partial charge on any atom is 0.358 e. The number of halogens is 1. The van der Waals surface area contributed by atoms with Gasteiger partial charge in [-0.05, 0) is 35.0 Å². The van der Waals surface area contributed by atoms with Gasteiger partial charge in [0.05, 0.1) is 15.7 Å². The molecule has 0 saturated carbocycles. The summed E-state index contributed by atoms with van der Waals surface area (Å²) in [7, 11) is 0. The molecule has 0 radical (unpaired) electrons. The minimum Gasteiger partial charge on any atom is -0.448 e. The van der Waals surface area contributed by atoms with Crippen LogP contribution in [-0.2, 0) is 9.53 Å². The van der Waals surface area contributed by atoms with Gasteiger partial charge in [0.1, 0.15) is 11.8 Å². The fourth-order valence-corrected chi connectivity index (χ4v) is 3.02. The second-order valence-corrected chi connectivity index (χ2v) is 6.61. The minimum atomic E-state index is -1.07. The van der Waals surface area contributed by atoms with Crippen LogP contribution in [0.15, 0.2) is 59.1 Å². The monoisotopic (exact) mass is 438 g/mol. The lowest BCUT2D eigenvalue weighted by molar-refractivity contribution is -0.123. The number of anilines is 1. The highest BCUT2D eigenvalue weighted by atomic mass is 79.9. The molecule has 0 aliphatic rings.